The van der Waals surface area contributed by atoms with Crippen molar-refractivity contribution in [2.75, 3.05) is 25.0 Å². The van der Waals surface area contributed by atoms with Gasteiger partial charge < -0.3 is 15.5 Å². The van der Waals surface area contributed by atoms with Crippen molar-refractivity contribution >= 4 is 23.2 Å². The van der Waals surface area contributed by atoms with E-state index in [4.69, 9.17) is 0 Å². The van der Waals surface area contributed by atoms with Crippen molar-refractivity contribution in [3.05, 3.63) is 70.3 Å². The van der Waals surface area contributed by atoms with Gasteiger partial charge in [-0.25, -0.2) is 0 Å². The van der Waals surface area contributed by atoms with Gasteiger partial charge in [0.05, 0.1) is 16.9 Å². The highest BCUT2D eigenvalue weighted by molar-refractivity contribution is 5.89. The molecule has 0 aromatic heterocycles. The third kappa shape index (κ3) is 4.90. The molecule has 2 N–H and O–H groups in total. The lowest BCUT2D eigenvalue weighted by atomic mass is 10.1. The Hall–Kier alpha value is -3.42. The van der Waals surface area contributed by atoms with Gasteiger partial charge in [-0.3, -0.25) is 19.7 Å². The van der Waals surface area contributed by atoms with E-state index in [0.717, 1.165) is 5.56 Å². The number of nitrogens with zero attached hydrogens (tertiary/aromatic N) is 2. The van der Waals surface area contributed by atoms with Crippen LogP contribution in [0.1, 0.15) is 24.9 Å². The Morgan fingerprint density at radius 2 is 1.86 bits per heavy atom. The first-order chi connectivity index (χ1) is 14.0. The number of nitro groups is 1. The van der Waals surface area contributed by atoms with Crippen LogP contribution in [-0.4, -0.2) is 41.3 Å². The van der Waals surface area contributed by atoms with Gasteiger partial charge in [0.25, 0.3) is 5.69 Å². The van der Waals surface area contributed by atoms with Crippen molar-refractivity contribution in [3.8, 4) is 0 Å². The zero-order valence-corrected chi connectivity index (χ0v) is 16.2. The third-order valence-corrected chi connectivity index (χ3v) is 5.12. The maximum Gasteiger partial charge on any atom is 0.292 e. The maximum atomic E-state index is 12.5. The van der Waals surface area contributed by atoms with Gasteiger partial charge in [-0.1, -0.05) is 42.5 Å². The molecule has 1 saturated heterocycles. The molecule has 0 bridgehead atoms. The Labute approximate surface area is 169 Å². The average molecular weight is 396 g/mol. The zero-order valence-electron chi connectivity index (χ0n) is 16.2. The quantitative estimate of drug-likeness (QED) is 0.406. The highest BCUT2D eigenvalue weighted by atomic mass is 16.6. The van der Waals surface area contributed by atoms with Crippen LogP contribution in [0.15, 0.2) is 54.6 Å². The monoisotopic (exact) mass is 396 g/mol. The van der Waals surface area contributed by atoms with E-state index in [1.807, 2.05) is 37.3 Å². The number of nitrogens with one attached hydrogen (secondary N) is 2. The molecule has 2 aromatic carbocycles. The summed E-state index contributed by atoms with van der Waals surface area (Å²) in [6.45, 7) is 3.01. The number of para-hydroxylation sites is 2. The number of rotatable bonds is 8. The summed E-state index contributed by atoms with van der Waals surface area (Å²) < 4.78 is 0. The molecule has 8 nitrogen and oxygen atoms in total. The van der Waals surface area contributed by atoms with Gasteiger partial charge in [0.15, 0.2) is 0 Å². The topological polar surface area (TPSA) is 105 Å². The highest BCUT2D eigenvalue weighted by Gasteiger charge is 2.36. The summed E-state index contributed by atoms with van der Waals surface area (Å²) in [5.74, 6) is -0.593. The summed E-state index contributed by atoms with van der Waals surface area (Å²) in [7, 11) is 0. The van der Waals surface area contributed by atoms with E-state index in [2.05, 4.69) is 10.6 Å². The lowest BCUT2D eigenvalue weighted by Crippen LogP contribution is -2.36. The van der Waals surface area contributed by atoms with Gasteiger partial charge in [-0.05, 0) is 18.6 Å². The largest absolute Gasteiger partial charge is 0.378 e. The smallest absolute Gasteiger partial charge is 0.292 e. The normalized spacial score (nSPS) is 17.1. The maximum absolute atomic E-state index is 12.5. The number of amides is 2. The van der Waals surface area contributed by atoms with Crippen LogP contribution < -0.4 is 10.6 Å². The number of nitro benzene ring substituents is 1. The van der Waals surface area contributed by atoms with Crippen LogP contribution in [0.3, 0.4) is 0 Å². The predicted molar refractivity (Wildman–Crippen MR) is 109 cm³/mol. The third-order valence-electron chi connectivity index (χ3n) is 5.12. The van der Waals surface area contributed by atoms with Crippen molar-refractivity contribution in [2.45, 2.75) is 19.4 Å². The first-order valence-corrected chi connectivity index (χ1v) is 9.56. The summed E-state index contributed by atoms with van der Waals surface area (Å²) >= 11 is 0. The number of anilines is 1. The Balaban J connectivity index is 1.48. The molecule has 8 heteroatoms. The van der Waals surface area contributed by atoms with Gasteiger partial charge in [-0.15, -0.1) is 0 Å². The van der Waals surface area contributed by atoms with Crippen LogP contribution in [0.4, 0.5) is 11.4 Å². The van der Waals surface area contributed by atoms with E-state index in [-0.39, 0.29) is 35.9 Å². The lowest BCUT2D eigenvalue weighted by molar-refractivity contribution is -0.384. The van der Waals surface area contributed by atoms with Crippen molar-refractivity contribution in [3.63, 3.8) is 0 Å². The molecule has 29 heavy (non-hydrogen) atoms. The minimum atomic E-state index is -0.451. The Bertz CT molecular complexity index is 887. The Morgan fingerprint density at radius 3 is 2.59 bits per heavy atom. The lowest BCUT2D eigenvalue weighted by Gasteiger charge is -2.25. The zero-order chi connectivity index (χ0) is 20.8. The molecule has 2 atom stereocenters. The minimum Gasteiger partial charge on any atom is -0.378 e. The molecule has 0 unspecified atom stereocenters. The van der Waals surface area contributed by atoms with Gasteiger partial charge in [-0.2, -0.15) is 0 Å². The molecule has 1 aliphatic rings. The molecule has 1 aliphatic heterocycles. The Morgan fingerprint density at radius 1 is 1.17 bits per heavy atom. The van der Waals surface area contributed by atoms with Crippen LogP contribution >= 0.6 is 0 Å². The van der Waals surface area contributed by atoms with Crippen molar-refractivity contribution < 1.29 is 14.5 Å². The first-order valence-electron chi connectivity index (χ1n) is 9.56. The molecule has 1 heterocycles. The van der Waals surface area contributed by atoms with Gasteiger partial charge in [0, 0.05) is 32.1 Å². The predicted octanol–water partition coefficient (Wildman–Crippen LogP) is 2.73. The minimum absolute atomic E-state index is 0.00856. The Kier molecular flexibility index (Phi) is 6.43. The summed E-state index contributed by atoms with van der Waals surface area (Å²) in [5.41, 5.74) is 1.44. The second kappa shape index (κ2) is 9.18. The molecule has 1 fully saturated rings. The van der Waals surface area contributed by atoms with E-state index < -0.39 is 4.92 Å². The van der Waals surface area contributed by atoms with Crippen LogP contribution in [0, 0.1) is 16.0 Å². The van der Waals surface area contributed by atoms with Gasteiger partial charge in [0.2, 0.25) is 11.8 Å². The fourth-order valence-electron chi connectivity index (χ4n) is 3.50. The number of carbonyl (C=O) groups excluding carboxylic acids is 2. The molecule has 0 saturated carbocycles. The summed E-state index contributed by atoms with van der Waals surface area (Å²) in [4.78, 5) is 37.2. The first kappa shape index (κ1) is 20.3. The number of benzene rings is 2. The van der Waals surface area contributed by atoms with E-state index in [0.29, 0.717) is 25.3 Å². The summed E-state index contributed by atoms with van der Waals surface area (Å²) in [5, 5.41) is 16.8. The van der Waals surface area contributed by atoms with Crippen molar-refractivity contribution in [1.29, 1.82) is 0 Å². The molecular formula is C21H24N4O4. The highest BCUT2D eigenvalue weighted by Crippen LogP contribution is 2.28. The van der Waals surface area contributed by atoms with Gasteiger partial charge in [0.1, 0.15) is 5.69 Å². The molecule has 2 amide bonds. The second-order valence-corrected chi connectivity index (χ2v) is 7.03. The summed E-state index contributed by atoms with van der Waals surface area (Å²) in [6.07, 6.45) is 0.195. The molecule has 3 rings (SSSR count). The molecule has 0 spiro atoms. The average Bonchev–Trinajstić information content (AvgIpc) is 3.13. The molecule has 0 radical (unpaired) electrons. The molecular weight excluding hydrogens is 372 g/mol. The SMILES string of the molecule is C[C@@H](c1ccccc1)N1C[C@@H](C(=O)NCCNc2ccccc2[N+](=O)[O-])CC1=O. The standard InChI is InChI=1S/C21H24N4O4/c1-15(16-7-3-2-4-8-16)24-14-17(13-20(24)26)21(27)23-12-11-22-18-9-5-6-10-19(18)25(28)29/h2-10,15,17,22H,11-14H2,1H3,(H,23,27)/t15-,17-/m0/s1. The van der Waals surface area contributed by atoms with E-state index in [1.54, 1.807) is 23.1 Å². The number of likely N-dealkylation sites (tertiary alicyclic amines) is 1. The fraction of sp³-hybridized carbons (Fsp3) is 0.333. The molecule has 2 aromatic rings. The van der Waals surface area contributed by atoms with Crippen LogP contribution in [0.5, 0.6) is 0 Å². The molecule has 0 aliphatic carbocycles. The number of hydrogen-bond donors (Lipinski definition) is 2. The second-order valence-electron chi connectivity index (χ2n) is 7.03. The van der Waals surface area contributed by atoms with E-state index in [9.17, 15) is 19.7 Å². The van der Waals surface area contributed by atoms with E-state index in [1.165, 1.54) is 6.07 Å². The summed E-state index contributed by atoms with van der Waals surface area (Å²) in [6, 6.07) is 16.0. The van der Waals surface area contributed by atoms with Crippen LogP contribution in [-0.2, 0) is 9.59 Å². The van der Waals surface area contributed by atoms with E-state index >= 15 is 0 Å². The van der Waals surface area contributed by atoms with Crippen LogP contribution in [0.2, 0.25) is 0 Å². The van der Waals surface area contributed by atoms with Gasteiger partial charge >= 0.3 is 0 Å². The van der Waals surface area contributed by atoms with Crippen molar-refractivity contribution in [2.24, 2.45) is 5.92 Å². The molecule has 152 valence electrons. The van der Waals surface area contributed by atoms with Crippen molar-refractivity contribution in [1.82, 2.24) is 10.2 Å². The number of carbonyl (C=O) groups is 2. The number of hydrogen-bond acceptors (Lipinski definition) is 5. The fourth-order valence-corrected chi connectivity index (χ4v) is 3.50. The van der Waals surface area contributed by atoms with Crippen LogP contribution in [0.25, 0.3) is 0 Å².